The molecule has 0 aliphatic carbocycles. The fraction of sp³-hybridized carbons (Fsp3) is 0.263. The molecule has 1 aromatic carbocycles. The standard InChI is InChI=1S/C19H19BrN2O2/c20-16-9-7-15(8-10-16)14-17(22-13-5-2-6-18(22)23)19(24)21-11-3-1-4-12-21/h2,5-10,13-14H,1,3-4,11-12H2/b17-14-. The minimum atomic E-state index is -0.203. The molecule has 2 aromatic rings. The normalized spacial score (nSPS) is 15.4. The largest absolute Gasteiger partial charge is 0.337 e. The predicted molar refractivity (Wildman–Crippen MR) is 99.4 cm³/mol. The molecule has 24 heavy (non-hydrogen) atoms. The molecule has 0 saturated carbocycles. The fourth-order valence-electron chi connectivity index (χ4n) is 2.84. The summed E-state index contributed by atoms with van der Waals surface area (Å²) in [7, 11) is 0. The highest BCUT2D eigenvalue weighted by Crippen LogP contribution is 2.18. The number of amides is 1. The summed E-state index contributed by atoms with van der Waals surface area (Å²) >= 11 is 3.41. The number of benzene rings is 1. The van der Waals surface area contributed by atoms with Crippen LogP contribution in [0.2, 0.25) is 0 Å². The topological polar surface area (TPSA) is 42.3 Å². The Hall–Kier alpha value is -2.14. The molecule has 0 atom stereocenters. The van der Waals surface area contributed by atoms with Crippen molar-refractivity contribution in [3.63, 3.8) is 0 Å². The number of aromatic nitrogens is 1. The van der Waals surface area contributed by atoms with Gasteiger partial charge in [-0.1, -0.05) is 34.1 Å². The van der Waals surface area contributed by atoms with Gasteiger partial charge < -0.3 is 4.90 Å². The van der Waals surface area contributed by atoms with Gasteiger partial charge in [-0.3, -0.25) is 14.2 Å². The first-order valence-electron chi connectivity index (χ1n) is 8.10. The van der Waals surface area contributed by atoms with Gasteiger partial charge in [-0.25, -0.2) is 0 Å². The number of halogens is 1. The van der Waals surface area contributed by atoms with E-state index in [1.54, 1.807) is 24.4 Å². The summed E-state index contributed by atoms with van der Waals surface area (Å²) in [6, 6.07) is 12.6. The van der Waals surface area contributed by atoms with Crippen molar-refractivity contribution in [1.29, 1.82) is 0 Å². The minimum absolute atomic E-state index is 0.0917. The van der Waals surface area contributed by atoms with Crippen molar-refractivity contribution in [1.82, 2.24) is 9.47 Å². The zero-order valence-corrected chi connectivity index (χ0v) is 14.9. The van der Waals surface area contributed by atoms with E-state index >= 15 is 0 Å². The van der Waals surface area contributed by atoms with Crippen molar-refractivity contribution in [2.45, 2.75) is 19.3 Å². The van der Waals surface area contributed by atoms with Crippen molar-refractivity contribution in [2.24, 2.45) is 0 Å². The number of piperidine rings is 1. The van der Waals surface area contributed by atoms with E-state index in [1.165, 1.54) is 10.6 Å². The van der Waals surface area contributed by atoms with Gasteiger partial charge >= 0.3 is 0 Å². The lowest BCUT2D eigenvalue weighted by Crippen LogP contribution is -2.38. The SMILES string of the molecule is O=C(/C(=C/c1ccc(Br)cc1)n1ccccc1=O)N1CCCCC1. The second kappa shape index (κ2) is 7.62. The van der Waals surface area contributed by atoms with E-state index in [4.69, 9.17) is 0 Å². The third-order valence-electron chi connectivity index (χ3n) is 4.12. The summed E-state index contributed by atoms with van der Waals surface area (Å²) in [5.74, 6) is -0.0917. The van der Waals surface area contributed by atoms with Gasteiger partial charge in [0.15, 0.2) is 0 Å². The molecule has 1 aromatic heterocycles. The van der Waals surface area contributed by atoms with Crippen LogP contribution >= 0.6 is 15.9 Å². The Morgan fingerprint density at radius 2 is 1.71 bits per heavy atom. The number of pyridine rings is 1. The minimum Gasteiger partial charge on any atom is -0.337 e. The van der Waals surface area contributed by atoms with Crippen LogP contribution in [0.1, 0.15) is 24.8 Å². The quantitative estimate of drug-likeness (QED) is 0.755. The smallest absolute Gasteiger partial charge is 0.270 e. The number of nitrogens with zero attached hydrogens (tertiary/aromatic N) is 2. The Morgan fingerprint density at radius 3 is 2.38 bits per heavy atom. The van der Waals surface area contributed by atoms with Gasteiger partial charge in [0.25, 0.3) is 11.5 Å². The first-order chi connectivity index (χ1) is 11.6. The number of hydrogen-bond donors (Lipinski definition) is 0. The molecule has 1 aliphatic heterocycles. The van der Waals surface area contributed by atoms with Crippen molar-refractivity contribution in [3.8, 4) is 0 Å². The molecule has 0 bridgehead atoms. The van der Waals surface area contributed by atoms with E-state index < -0.39 is 0 Å². The molecule has 3 rings (SSSR count). The Labute approximate surface area is 149 Å². The third-order valence-corrected chi connectivity index (χ3v) is 4.65. The molecule has 1 aliphatic rings. The van der Waals surface area contributed by atoms with Gasteiger partial charge in [0.1, 0.15) is 5.70 Å². The van der Waals surface area contributed by atoms with Crippen LogP contribution in [0.15, 0.2) is 57.9 Å². The number of hydrogen-bond acceptors (Lipinski definition) is 2. The number of carbonyl (C=O) groups is 1. The van der Waals surface area contributed by atoms with Crippen molar-refractivity contribution >= 4 is 33.6 Å². The highest BCUT2D eigenvalue weighted by molar-refractivity contribution is 9.10. The Morgan fingerprint density at radius 1 is 1.00 bits per heavy atom. The van der Waals surface area contributed by atoms with E-state index in [2.05, 4.69) is 15.9 Å². The van der Waals surface area contributed by atoms with Crippen LogP contribution in [-0.4, -0.2) is 28.5 Å². The van der Waals surface area contributed by atoms with Crippen LogP contribution in [-0.2, 0) is 4.79 Å². The van der Waals surface area contributed by atoms with Gasteiger partial charge in [0, 0.05) is 29.8 Å². The number of likely N-dealkylation sites (tertiary alicyclic amines) is 1. The summed E-state index contributed by atoms with van der Waals surface area (Å²) in [6.07, 6.45) is 6.61. The number of rotatable bonds is 3. The molecule has 2 heterocycles. The first kappa shape index (κ1) is 16.7. The Bertz CT molecular complexity index is 803. The molecular formula is C19H19BrN2O2. The van der Waals surface area contributed by atoms with Gasteiger partial charge in [-0.2, -0.15) is 0 Å². The van der Waals surface area contributed by atoms with Crippen LogP contribution in [0.3, 0.4) is 0 Å². The maximum atomic E-state index is 13.0. The molecule has 0 radical (unpaired) electrons. The summed E-state index contributed by atoms with van der Waals surface area (Å²) in [6.45, 7) is 1.50. The zero-order valence-electron chi connectivity index (χ0n) is 13.3. The molecule has 1 fully saturated rings. The lowest BCUT2D eigenvalue weighted by atomic mass is 10.1. The van der Waals surface area contributed by atoms with Crippen LogP contribution in [0.25, 0.3) is 11.8 Å². The number of carbonyl (C=O) groups excluding carboxylic acids is 1. The molecule has 124 valence electrons. The van der Waals surface area contributed by atoms with Crippen molar-refractivity contribution < 1.29 is 4.79 Å². The maximum Gasteiger partial charge on any atom is 0.270 e. The molecule has 0 N–H and O–H groups in total. The maximum absolute atomic E-state index is 13.0. The summed E-state index contributed by atoms with van der Waals surface area (Å²) in [5, 5.41) is 0. The molecule has 0 spiro atoms. The highest BCUT2D eigenvalue weighted by atomic mass is 79.9. The van der Waals surface area contributed by atoms with Crippen LogP contribution in [0.4, 0.5) is 0 Å². The van der Waals surface area contributed by atoms with Gasteiger partial charge in [0.2, 0.25) is 0 Å². The zero-order chi connectivity index (χ0) is 16.9. The van der Waals surface area contributed by atoms with Gasteiger partial charge in [-0.15, -0.1) is 0 Å². The molecule has 1 saturated heterocycles. The Kier molecular flexibility index (Phi) is 5.30. The lowest BCUT2D eigenvalue weighted by Gasteiger charge is -2.28. The van der Waals surface area contributed by atoms with E-state index in [9.17, 15) is 9.59 Å². The van der Waals surface area contributed by atoms with E-state index in [0.717, 1.165) is 42.4 Å². The molecule has 4 nitrogen and oxygen atoms in total. The van der Waals surface area contributed by atoms with E-state index in [1.807, 2.05) is 29.2 Å². The summed E-state index contributed by atoms with van der Waals surface area (Å²) in [5.41, 5.74) is 1.07. The van der Waals surface area contributed by atoms with Crippen LogP contribution in [0, 0.1) is 0 Å². The average molecular weight is 387 g/mol. The fourth-order valence-corrected chi connectivity index (χ4v) is 3.10. The lowest BCUT2D eigenvalue weighted by molar-refractivity contribution is -0.126. The summed E-state index contributed by atoms with van der Waals surface area (Å²) < 4.78 is 2.40. The molecule has 1 amide bonds. The molecular weight excluding hydrogens is 368 g/mol. The molecule has 0 unspecified atom stereocenters. The van der Waals surface area contributed by atoms with Crippen LogP contribution < -0.4 is 5.56 Å². The van der Waals surface area contributed by atoms with Crippen molar-refractivity contribution in [2.75, 3.05) is 13.1 Å². The average Bonchev–Trinajstić information content (AvgIpc) is 2.62. The second-order valence-electron chi connectivity index (χ2n) is 5.84. The highest BCUT2D eigenvalue weighted by Gasteiger charge is 2.22. The van der Waals surface area contributed by atoms with Gasteiger partial charge in [0.05, 0.1) is 0 Å². The first-order valence-corrected chi connectivity index (χ1v) is 8.89. The monoisotopic (exact) mass is 386 g/mol. The van der Waals surface area contributed by atoms with Crippen LogP contribution in [0.5, 0.6) is 0 Å². The predicted octanol–water partition coefficient (Wildman–Crippen LogP) is 3.62. The van der Waals surface area contributed by atoms with Crippen molar-refractivity contribution in [3.05, 3.63) is 69.1 Å². The van der Waals surface area contributed by atoms with E-state index in [-0.39, 0.29) is 11.5 Å². The van der Waals surface area contributed by atoms with E-state index in [0.29, 0.717) is 5.70 Å². The second-order valence-corrected chi connectivity index (χ2v) is 6.76. The molecule has 5 heteroatoms. The third kappa shape index (κ3) is 3.85. The Balaban J connectivity index is 2.03. The van der Waals surface area contributed by atoms with Gasteiger partial charge in [-0.05, 0) is 49.1 Å². The summed E-state index contributed by atoms with van der Waals surface area (Å²) in [4.78, 5) is 27.1.